The minimum absolute atomic E-state index is 0.00318. The van der Waals surface area contributed by atoms with E-state index < -0.39 is 0 Å². The first-order valence-electron chi connectivity index (χ1n) is 7.05. The molecule has 3 N–H and O–H groups in total. The molecule has 0 aromatic carbocycles. The van der Waals surface area contributed by atoms with Crippen LogP contribution in [0.15, 0.2) is 6.07 Å². The number of amides is 2. The lowest BCUT2D eigenvalue weighted by Crippen LogP contribution is -2.48. The molecule has 6 heteroatoms. The summed E-state index contributed by atoms with van der Waals surface area (Å²) in [5.41, 5.74) is 1.08. The summed E-state index contributed by atoms with van der Waals surface area (Å²) in [6.07, 6.45) is 4.21. The smallest absolute Gasteiger partial charge is 0.315 e. The number of carbonyl (C=O) groups is 1. The van der Waals surface area contributed by atoms with E-state index in [2.05, 4.69) is 31.8 Å². The summed E-state index contributed by atoms with van der Waals surface area (Å²) in [6, 6.07) is 2.77. The topological polar surface area (TPSA) is 73.1 Å². The van der Waals surface area contributed by atoms with Gasteiger partial charge in [-0.2, -0.15) is 5.10 Å². The van der Waals surface area contributed by atoms with Gasteiger partial charge in [0.2, 0.25) is 0 Å². The van der Waals surface area contributed by atoms with Crippen LogP contribution in [0.5, 0.6) is 0 Å². The molecule has 2 amide bonds. The van der Waals surface area contributed by atoms with E-state index >= 15 is 0 Å². The molecule has 0 atom stereocenters. The molecule has 1 aromatic rings. The monoisotopic (exact) mass is 263 g/mol. The quantitative estimate of drug-likeness (QED) is 0.766. The van der Waals surface area contributed by atoms with Crippen molar-refractivity contribution in [1.82, 2.24) is 20.8 Å². The van der Waals surface area contributed by atoms with Gasteiger partial charge in [-0.05, 0) is 32.6 Å². The number of carbonyl (C=O) groups excluding carboxylic acids is 1. The van der Waals surface area contributed by atoms with E-state index in [9.17, 15) is 4.79 Å². The number of rotatable bonds is 3. The van der Waals surface area contributed by atoms with Crippen LogP contribution in [-0.4, -0.2) is 41.4 Å². The third-order valence-electron chi connectivity index (χ3n) is 3.76. The number of hydrogen-bond donors (Lipinski definition) is 3. The van der Waals surface area contributed by atoms with Crippen molar-refractivity contribution < 1.29 is 4.79 Å². The molecule has 1 aromatic heterocycles. The number of nitrogens with zero attached hydrogens (tertiary/aromatic N) is 2. The Morgan fingerprint density at radius 3 is 2.42 bits per heavy atom. The standard InChI is InChI=1S/C13H21N5O/c1-9-8-12(17-16-9)18-6-4-11(5-7-18)15-13(19)14-10-2-3-10/h8,10-11H,2-7H2,1H3,(H,16,17)(H2,14,15,19). The molecule has 19 heavy (non-hydrogen) atoms. The number of nitrogens with one attached hydrogen (secondary N) is 3. The maximum Gasteiger partial charge on any atom is 0.315 e. The Labute approximate surface area is 112 Å². The second kappa shape index (κ2) is 5.11. The Morgan fingerprint density at radius 2 is 1.89 bits per heavy atom. The summed E-state index contributed by atoms with van der Waals surface area (Å²) >= 11 is 0. The average molecular weight is 263 g/mol. The van der Waals surface area contributed by atoms with Crippen LogP contribution in [0.1, 0.15) is 31.4 Å². The van der Waals surface area contributed by atoms with Gasteiger partial charge >= 0.3 is 6.03 Å². The van der Waals surface area contributed by atoms with E-state index in [0.29, 0.717) is 6.04 Å². The van der Waals surface area contributed by atoms with Crippen molar-refractivity contribution in [1.29, 1.82) is 0 Å². The first-order valence-corrected chi connectivity index (χ1v) is 7.05. The van der Waals surface area contributed by atoms with Gasteiger partial charge < -0.3 is 15.5 Å². The molecule has 1 aliphatic carbocycles. The van der Waals surface area contributed by atoms with Crippen LogP contribution >= 0.6 is 0 Å². The van der Waals surface area contributed by atoms with Crippen LogP contribution in [0, 0.1) is 6.92 Å². The molecule has 1 saturated carbocycles. The zero-order valence-electron chi connectivity index (χ0n) is 11.3. The van der Waals surface area contributed by atoms with E-state index in [4.69, 9.17) is 0 Å². The van der Waals surface area contributed by atoms with Crippen LogP contribution in [-0.2, 0) is 0 Å². The zero-order chi connectivity index (χ0) is 13.2. The molecule has 2 heterocycles. The number of H-pyrrole nitrogens is 1. The molecule has 2 aliphatic rings. The van der Waals surface area contributed by atoms with E-state index in [1.54, 1.807) is 0 Å². The van der Waals surface area contributed by atoms with Gasteiger partial charge in [0, 0.05) is 36.9 Å². The van der Waals surface area contributed by atoms with Crippen molar-refractivity contribution in [3.8, 4) is 0 Å². The molecule has 0 spiro atoms. The maximum atomic E-state index is 11.7. The predicted molar refractivity (Wildman–Crippen MR) is 73.2 cm³/mol. The number of hydrogen-bond acceptors (Lipinski definition) is 3. The SMILES string of the molecule is Cc1cc(N2CCC(NC(=O)NC3CC3)CC2)n[nH]1. The van der Waals surface area contributed by atoms with Gasteiger partial charge in [0.25, 0.3) is 0 Å². The largest absolute Gasteiger partial charge is 0.355 e. The maximum absolute atomic E-state index is 11.7. The van der Waals surface area contributed by atoms with Crippen LogP contribution in [0.2, 0.25) is 0 Å². The molecular formula is C13H21N5O. The van der Waals surface area contributed by atoms with Crippen molar-refractivity contribution in [3.63, 3.8) is 0 Å². The predicted octanol–water partition coefficient (Wildman–Crippen LogP) is 1.15. The first kappa shape index (κ1) is 12.3. The fourth-order valence-electron chi connectivity index (χ4n) is 2.46. The lowest BCUT2D eigenvalue weighted by Gasteiger charge is -2.32. The number of anilines is 1. The Kier molecular flexibility index (Phi) is 3.31. The number of aryl methyl sites for hydroxylation is 1. The summed E-state index contributed by atoms with van der Waals surface area (Å²) in [5, 5.41) is 13.3. The third-order valence-corrected chi connectivity index (χ3v) is 3.76. The first-order chi connectivity index (χ1) is 9.20. The highest BCUT2D eigenvalue weighted by atomic mass is 16.2. The fraction of sp³-hybridized carbons (Fsp3) is 0.692. The Bertz CT molecular complexity index is 446. The van der Waals surface area contributed by atoms with Gasteiger partial charge in [0.1, 0.15) is 0 Å². The van der Waals surface area contributed by atoms with Crippen molar-refractivity contribution in [3.05, 3.63) is 11.8 Å². The van der Waals surface area contributed by atoms with Crippen LogP contribution in [0.3, 0.4) is 0 Å². The van der Waals surface area contributed by atoms with E-state index in [1.807, 2.05) is 6.92 Å². The molecule has 0 radical (unpaired) electrons. The van der Waals surface area contributed by atoms with Gasteiger partial charge in [-0.15, -0.1) is 0 Å². The zero-order valence-corrected chi connectivity index (χ0v) is 11.3. The molecule has 104 valence electrons. The Morgan fingerprint density at radius 1 is 1.26 bits per heavy atom. The Hall–Kier alpha value is -1.72. The van der Waals surface area contributed by atoms with Crippen LogP contribution in [0.4, 0.5) is 10.6 Å². The summed E-state index contributed by atoms with van der Waals surface area (Å²) in [5.74, 6) is 1.01. The van der Waals surface area contributed by atoms with Gasteiger partial charge in [-0.3, -0.25) is 5.10 Å². The van der Waals surface area contributed by atoms with Crippen molar-refractivity contribution in [2.75, 3.05) is 18.0 Å². The van der Waals surface area contributed by atoms with Crippen molar-refractivity contribution in [2.45, 2.75) is 44.7 Å². The molecule has 1 saturated heterocycles. The molecule has 0 unspecified atom stereocenters. The van der Waals surface area contributed by atoms with Gasteiger partial charge in [0.15, 0.2) is 5.82 Å². The average Bonchev–Trinajstić information content (AvgIpc) is 3.09. The van der Waals surface area contributed by atoms with E-state index in [1.165, 1.54) is 0 Å². The van der Waals surface area contributed by atoms with Crippen molar-refractivity contribution >= 4 is 11.8 Å². The molecule has 1 aliphatic heterocycles. The molecular weight excluding hydrogens is 242 g/mol. The highest BCUT2D eigenvalue weighted by molar-refractivity contribution is 5.74. The van der Waals surface area contributed by atoms with Gasteiger partial charge in [-0.1, -0.05) is 0 Å². The number of piperidine rings is 1. The minimum Gasteiger partial charge on any atom is -0.355 e. The summed E-state index contributed by atoms with van der Waals surface area (Å²) in [6.45, 7) is 3.89. The summed E-state index contributed by atoms with van der Waals surface area (Å²) in [7, 11) is 0. The number of aromatic nitrogens is 2. The summed E-state index contributed by atoms with van der Waals surface area (Å²) < 4.78 is 0. The third kappa shape index (κ3) is 3.19. The fourth-order valence-corrected chi connectivity index (χ4v) is 2.46. The summed E-state index contributed by atoms with van der Waals surface area (Å²) in [4.78, 5) is 13.9. The molecule has 0 bridgehead atoms. The van der Waals surface area contributed by atoms with Gasteiger partial charge in [-0.25, -0.2) is 4.79 Å². The second-order valence-electron chi connectivity index (χ2n) is 5.56. The normalized spacial score (nSPS) is 20.4. The van der Waals surface area contributed by atoms with Gasteiger partial charge in [0.05, 0.1) is 0 Å². The Balaban J connectivity index is 1.45. The van der Waals surface area contributed by atoms with Crippen LogP contribution in [0.25, 0.3) is 0 Å². The molecule has 2 fully saturated rings. The second-order valence-corrected chi connectivity index (χ2v) is 5.56. The van der Waals surface area contributed by atoms with Crippen molar-refractivity contribution in [2.24, 2.45) is 0 Å². The highest BCUT2D eigenvalue weighted by Gasteiger charge is 2.26. The lowest BCUT2D eigenvalue weighted by molar-refractivity contribution is 0.234. The van der Waals surface area contributed by atoms with Crippen LogP contribution < -0.4 is 15.5 Å². The number of aromatic amines is 1. The molecule has 3 rings (SSSR count). The molecule has 6 nitrogen and oxygen atoms in total. The minimum atomic E-state index is -0.00318. The number of urea groups is 1. The van der Waals surface area contributed by atoms with E-state index in [0.717, 1.165) is 50.3 Å². The van der Waals surface area contributed by atoms with E-state index in [-0.39, 0.29) is 12.1 Å². The highest BCUT2D eigenvalue weighted by Crippen LogP contribution is 2.20. The lowest BCUT2D eigenvalue weighted by atomic mass is 10.1.